The van der Waals surface area contributed by atoms with E-state index >= 15 is 0 Å². The Balaban J connectivity index is 1.95. The lowest BCUT2D eigenvalue weighted by molar-refractivity contribution is 0.0241. The number of fused-ring (bicyclic) bond motifs is 1. The molecular weight excluding hydrogens is 438 g/mol. The number of anilines is 2. The molecular formula is C29H35N3O3. The van der Waals surface area contributed by atoms with Crippen LogP contribution in [0.25, 0.3) is 0 Å². The maximum Gasteiger partial charge on any atom is 0.358 e. The van der Waals surface area contributed by atoms with Crippen molar-refractivity contribution < 1.29 is 14.3 Å². The summed E-state index contributed by atoms with van der Waals surface area (Å²) in [7, 11) is 0. The van der Waals surface area contributed by atoms with Gasteiger partial charge in [-0.1, -0.05) is 18.2 Å². The third-order valence-corrected chi connectivity index (χ3v) is 6.80. The molecule has 2 heterocycles. The Morgan fingerprint density at radius 1 is 0.829 bits per heavy atom. The van der Waals surface area contributed by atoms with Gasteiger partial charge in [0.1, 0.15) is 5.75 Å². The minimum absolute atomic E-state index is 0.343. The predicted octanol–water partition coefficient (Wildman–Crippen LogP) is 5.64. The largest absolute Gasteiger partial charge is 0.493 e. The van der Waals surface area contributed by atoms with Gasteiger partial charge in [0, 0.05) is 66.5 Å². The molecule has 35 heavy (non-hydrogen) atoms. The van der Waals surface area contributed by atoms with Crippen LogP contribution in [0.15, 0.2) is 60.8 Å². The molecule has 0 amide bonds. The highest BCUT2D eigenvalue weighted by molar-refractivity contribution is 5.94. The highest BCUT2D eigenvalue weighted by atomic mass is 16.6. The molecule has 0 saturated heterocycles. The Labute approximate surface area is 208 Å². The van der Waals surface area contributed by atoms with Gasteiger partial charge >= 0.3 is 5.97 Å². The second-order valence-corrected chi connectivity index (χ2v) is 8.48. The SMILES string of the molecule is CCOc1cc(N(CC)CC)ccc1C1(c2ccc(N(CC)CC)cc2)OC(=O)c2ncccc21. The minimum Gasteiger partial charge on any atom is -0.493 e. The number of esters is 1. The van der Waals surface area contributed by atoms with Crippen LogP contribution < -0.4 is 14.5 Å². The molecule has 6 nitrogen and oxygen atoms in total. The van der Waals surface area contributed by atoms with E-state index in [2.05, 4.69) is 78.9 Å². The summed E-state index contributed by atoms with van der Waals surface area (Å²) in [4.78, 5) is 22.0. The van der Waals surface area contributed by atoms with Gasteiger partial charge in [-0.05, 0) is 65.0 Å². The number of pyridine rings is 1. The molecule has 184 valence electrons. The smallest absolute Gasteiger partial charge is 0.358 e. The average Bonchev–Trinajstić information content (AvgIpc) is 3.19. The molecule has 0 aliphatic carbocycles. The van der Waals surface area contributed by atoms with Gasteiger partial charge in [0.25, 0.3) is 0 Å². The zero-order valence-electron chi connectivity index (χ0n) is 21.4. The van der Waals surface area contributed by atoms with Gasteiger partial charge in [0.2, 0.25) is 0 Å². The van der Waals surface area contributed by atoms with Gasteiger partial charge in [0.15, 0.2) is 11.3 Å². The van der Waals surface area contributed by atoms with Gasteiger partial charge in [-0.2, -0.15) is 0 Å². The second kappa shape index (κ2) is 10.4. The Morgan fingerprint density at radius 2 is 1.46 bits per heavy atom. The zero-order valence-corrected chi connectivity index (χ0v) is 21.4. The summed E-state index contributed by atoms with van der Waals surface area (Å²) in [5.41, 5.74) is 3.80. The van der Waals surface area contributed by atoms with Gasteiger partial charge in [-0.25, -0.2) is 9.78 Å². The second-order valence-electron chi connectivity index (χ2n) is 8.48. The van der Waals surface area contributed by atoms with E-state index in [0.29, 0.717) is 18.1 Å². The maximum atomic E-state index is 13.1. The maximum absolute atomic E-state index is 13.1. The van der Waals surface area contributed by atoms with Gasteiger partial charge in [0.05, 0.1) is 6.61 Å². The number of aromatic nitrogens is 1. The van der Waals surface area contributed by atoms with Crippen LogP contribution >= 0.6 is 0 Å². The number of hydrogen-bond donors (Lipinski definition) is 0. The first kappa shape index (κ1) is 24.6. The summed E-state index contributed by atoms with van der Waals surface area (Å²) in [6, 6.07) is 18.2. The highest BCUT2D eigenvalue weighted by Gasteiger charge is 2.51. The van der Waals surface area contributed by atoms with Crippen LogP contribution in [0.5, 0.6) is 5.75 Å². The number of carbonyl (C=O) groups is 1. The van der Waals surface area contributed by atoms with Crippen molar-refractivity contribution in [3.63, 3.8) is 0 Å². The molecule has 0 spiro atoms. The molecule has 1 aromatic heterocycles. The molecule has 1 atom stereocenters. The first-order chi connectivity index (χ1) is 17.0. The summed E-state index contributed by atoms with van der Waals surface area (Å²) in [5.74, 6) is 0.276. The van der Waals surface area contributed by atoms with Crippen LogP contribution in [0.2, 0.25) is 0 Å². The molecule has 1 aliphatic heterocycles. The topological polar surface area (TPSA) is 54.9 Å². The van der Waals surface area contributed by atoms with Crippen molar-refractivity contribution in [3.8, 4) is 5.75 Å². The average molecular weight is 474 g/mol. The number of hydrogen-bond acceptors (Lipinski definition) is 6. The van der Waals surface area contributed by atoms with E-state index in [-0.39, 0.29) is 0 Å². The zero-order chi connectivity index (χ0) is 25.0. The molecule has 2 aromatic carbocycles. The lowest BCUT2D eigenvalue weighted by atomic mass is 9.80. The van der Waals surface area contributed by atoms with Crippen LogP contribution in [0.4, 0.5) is 11.4 Å². The normalized spacial score (nSPS) is 16.5. The predicted molar refractivity (Wildman–Crippen MR) is 141 cm³/mol. The quantitative estimate of drug-likeness (QED) is 0.356. The first-order valence-electron chi connectivity index (χ1n) is 12.6. The Bertz CT molecular complexity index is 1170. The summed E-state index contributed by atoms with van der Waals surface area (Å²) < 4.78 is 12.5. The molecule has 0 bridgehead atoms. The fraction of sp³-hybridized carbons (Fsp3) is 0.379. The van der Waals surface area contributed by atoms with Crippen LogP contribution in [0, 0.1) is 0 Å². The molecule has 1 aliphatic rings. The Morgan fingerprint density at radius 3 is 2.09 bits per heavy atom. The van der Waals surface area contributed by atoms with E-state index < -0.39 is 11.6 Å². The van der Waals surface area contributed by atoms with E-state index in [1.54, 1.807) is 6.20 Å². The van der Waals surface area contributed by atoms with E-state index in [9.17, 15) is 4.79 Å². The number of benzene rings is 2. The molecule has 6 heteroatoms. The monoisotopic (exact) mass is 473 g/mol. The van der Waals surface area contributed by atoms with Crippen molar-refractivity contribution in [2.75, 3.05) is 42.6 Å². The molecule has 0 saturated carbocycles. The van der Waals surface area contributed by atoms with Crippen molar-refractivity contribution >= 4 is 17.3 Å². The lowest BCUT2D eigenvalue weighted by Gasteiger charge is -2.33. The van der Waals surface area contributed by atoms with Gasteiger partial charge in [-0.3, -0.25) is 0 Å². The first-order valence-corrected chi connectivity index (χ1v) is 12.6. The number of nitrogens with zero attached hydrogens (tertiary/aromatic N) is 3. The van der Waals surface area contributed by atoms with Crippen molar-refractivity contribution in [1.82, 2.24) is 4.98 Å². The molecule has 3 aromatic rings. The number of carbonyl (C=O) groups excluding carboxylic acids is 1. The lowest BCUT2D eigenvalue weighted by Crippen LogP contribution is -2.31. The fourth-order valence-corrected chi connectivity index (χ4v) is 5.02. The highest BCUT2D eigenvalue weighted by Crippen LogP contribution is 2.50. The van der Waals surface area contributed by atoms with E-state index in [1.165, 1.54) is 0 Å². The summed E-state index contributed by atoms with van der Waals surface area (Å²) in [5, 5.41) is 0. The summed E-state index contributed by atoms with van der Waals surface area (Å²) >= 11 is 0. The molecule has 1 unspecified atom stereocenters. The van der Waals surface area contributed by atoms with Crippen LogP contribution in [-0.2, 0) is 10.3 Å². The standard InChI is InChI=1S/C29H35N3O3/c1-6-31(7-2)22-15-13-21(14-16-22)29(25-12-11-19-30-27(25)28(33)35-29)24-18-17-23(32(8-3)9-4)20-26(24)34-10-5/h11-20H,6-10H2,1-5H3. The van der Waals surface area contributed by atoms with Crippen LogP contribution in [0.1, 0.15) is 61.8 Å². The summed E-state index contributed by atoms with van der Waals surface area (Å²) in [6.45, 7) is 14.6. The molecule has 0 N–H and O–H groups in total. The van der Waals surface area contributed by atoms with Crippen LogP contribution in [-0.4, -0.2) is 43.7 Å². The van der Waals surface area contributed by atoms with E-state index in [1.807, 2.05) is 25.1 Å². The number of ether oxygens (including phenoxy) is 2. The van der Waals surface area contributed by atoms with E-state index in [4.69, 9.17) is 9.47 Å². The van der Waals surface area contributed by atoms with Crippen molar-refractivity contribution in [2.45, 2.75) is 40.2 Å². The molecule has 0 fully saturated rings. The molecule has 4 rings (SSSR count). The van der Waals surface area contributed by atoms with Crippen molar-refractivity contribution in [3.05, 3.63) is 83.2 Å². The van der Waals surface area contributed by atoms with Gasteiger partial charge < -0.3 is 19.3 Å². The molecule has 0 radical (unpaired) electrons. The number of rotatable bonds is 10. The van der Waals surface area contributed by atoms with E-state index in [0.717, 1.165) is 54.2 Å². The third kappa shape index (κ3) is 4.22. The summed E-state index contributed by atoms with van der Waals surface area (Å²) in [6.07, 6.45) is 1.63. The van der Waals surface area contributed by atoms with Gasteiger partial charge in [-0.15, -0.1) is 0 Å². The third-order valence-electron chi connectivity index (χ3n) is 6.80. The Kier molecular flexibility index (Phi) is 7.29. The van der Waals surface area contributed by atoms with Crippen molar-refractivity contribution in [1.29, 1.82) is 0 Å². The number of cyclic esters (lactones) is 1. The minimum atomic E-state index is -1.14. The van der Waals surface area contributed by atoms with Crippen molar-refractivity contribution in [2.24, 2.45) is 0 Å². The van der Waals surface area contributed by atoms with Crippen LogP contribution in [0.3, 0.4) is 0 Å². The Hall–Kier alpha value is -3.54. The fourth-order valence-electron chi connectivity index (χ4n) is 5.02.